The highest BCUT2D eigenvalue weighted by Crippen LogP contribution is 2.43. The largest absolute Gasteiger partial charge is 0.500 e. The van der Waals surface area contributed by atoms with Gasteiger partial charge in [0.1, 0.15) is 0 Å². The Bertz CT molecular complexity index is 1190. The SMILES string of the molecule is CCOc1cc(N2C(=O)NCC(c3ccccc3)=C2c2ccccc2)cc([N+](=O)[O-])c1O. The molecule has 1 aliphatic rings. The van der Waals surface area contributed by atoms with Crippen LogP contribution in [0.3, 0.4) is 0 Å². The van der Waals surface area contributed by atoms with Crippen LogP contribution in [0, 0.1) is 10.1 Å². The normalized spacial score (nSPS) is 13.7. The van der Waals surface area contributed by atoms with Crippen LogP contribution in [0.25, 0.3) is 11.3 Å². The first-order valence-electron chi connectivity index (χ1n) is 10.1. The van der Waals surface area contributed by atoms with Gasteiger partial charge in [-0.25, -0.2) is 4.79 Å². The van der Waals surface area contributed by atoms with Gasteiger partial charge in [-0.3, -0.25) is 15.0 Å². The second kappa shape index (κ2) is 8.81. The van der Waals surface area contributed by atoms with Gasteiger partial charge in [0.25, 0.3) is 0 Å². The van der Waals surface area contributed by atoms with Gasteiger partial charge >= 0.3 is 11.7 Å². The van der Waals surface area contributed by atoms with Gasteiger partial charge in [0, 0.05) is 24.3 Å². The number of phenolic OH excluding ortho intramolecular Hbond substituents is 1. The number of nitro benzene ring substituents is 1. The molecule has 0 spiro atoms. The van der Waals surface area contributed by atoms with Gasteiger partial charge in [-0.1, -0.05) is 60.7 Å². The maximum Gasteiger partial charge on any atom is 0.326 e. The van der Waals surface area contributed by atoms with Crippen LogP contribution < -0.4 is 15.0 Å². The number of nitrogens with zero attached hydrogens (tertiary/aromatic N) is 2. The lowest BCUT2D eigenvalue weighted by Crippen LogP contribution is -2.44. The third-order valence-electron chi connectivity index (χ3n) is 5.09. The van der Waals surface area contributed by atoms with Gasteiger partial charge in [0.05, 0.1) is 22.9 Å². The van der Waals surface area contributed by atoms with E-state index in [0.29, 0.717) is 12.2 Å². The molecule has 0 aliphatic carbocycles. The molecule has 3 aromatic carbocycles. The van der Waals surface area contributed by atoms with E-state index in [4.69, 9.17) is 4.74 Å². The van der Waals surface area contributed by atoms with E-state index < -0.39 is 22.4 Å². The van der Waals surface area contributed by atoms with E-state index in [1.165, 1.54) is 17.0 Å². The summed E-state index contributed by atoms with van der Waals surface area (Å²) in [7, 11) is 0. The van der Waals surface area contributed by atoms with Crippen LogP contribution in [0.4, 0.5) is 16.2 Å². The molecule has 0 saturated carbocycles. The highest BCUT2D eigenvalue weighted by atomic mass is 16.6. The minimum atomic E-state index is -0.701. The van der Waals surface area contributed by atoms with E-state index in [-0.39, 0.29) is 18.0 Å². The second-order valence-electron chi connectivity index (χ2n) is 7.06. The topological polar surface area (TPSA) is 105 Å². The quantitative estimate of drug-likeness (QED) is 0.431. The zero-order valence-corrected chi connectivity index (χ0v) is 17.3. The Balaban J connectivity index is 1.99. The third-order valence-corrected chi connectivity index (χ3v) is 5.09. The molecule has 162 valence electrons. The molecule has 0 bridgehead atoms. The number of urea groups is 1. The maximum absolute atomic E-state index is 13.1. The van der Waals surface area contributed by atoms with Crippen molar-refractivity contribution in [1.82, 2.24) is 5.32 Å². The Morgan fingerprint density at radius 3 is 2.28 bits per heavy atom. The highest BCUT2D eigenvalue weighted by Gasteiger charge is 2.32. The number of carbonyl (C=O) groups is 1. The molecule has 2 amide bonds. The number of ether oxygens (including phenoxy) is 1. The van der Waals surface area contributed by atoms with Gasteiger partial charge in [0.2, 0.25) is 5.75 Å². The van der Waals surface area contributed by atoms with Crippen molar-refractivity contribution < 1.29 is 19.6 Å². The van der Waals surface area contributed by atoms with Crippen LogP contribution in [0.5, 0.6) is 11.5 Å². The lowest BCUT2D eigenvalue weighted by atomic mass is 9.96. The van der Waals surface area contributed by atoms with Crippen LogP contribution >= 0.6 is 0 Å². The summed E-state index contributed by atoms with van der Waals surface area (Å²) < 4.78 is 5.42. The molecular formula is C24H21N3O5. The molecule has 0 radical (unpaired) electrons. The Morgan fingerprint density at radius 2 is 1.69 bits per heavy atom. The number of aromatic hydroxyl groups is 1. The summed E-state index contributed by atoms with van der Waals surface area (Å²) in [6.45, 7) is 2.19. The molecule has 0 atom stereocenters. The summed E-state index contributed by atoms with van der Waals surface area (Å²) >= 11 is 0. The molecule has 8 heteroatoms. The van der Waals surface area contributed by atoms with Gasteiger partial charge in [0.15, 0.2) is 5.75 Å². The van der Waals surface area contributed by atoms with Gasteiger partial charge in [-0.05, 0) is 18.1 Å². The van der Waals surface area contributed by atoms with Crippen molar-refractivity contribution in [3.05, 3.63) is 94.0 Å². The van der Waals surface area contributed by atoms with E-state index in [9.17, 15) is 20.0 Å². The number of nitro groups is 1. The predicted octanol–water partition coefficient (Wildman–Crippen LogP) is 4.80. The van der Waals surface area contributed by atoms with Gasteiger partial charge in [-0.2, -0.15) is 0 Å². The molecule has 32 heavy (non-hydrogen) atoms. The molecule has 0 unspecified atom stereocenters. The van der Waals surface area contributed by atoms with Crippen LogP contribution in [0.1, 0.15) is 18.1 Å². The maximum atomic E-state index is 13.1. The Morgan fingerprint density at radius 1 is 1.06 bits per heavy atom. The Kier molecular flexibility index (Phi) is 5.76. The predicted molar refractivity (Wildman–Crippen MR) is 122 cm³/mol. The molecule has 4 rings (SSSR count). The molecule has 0 fully saturated rings. The molecule has 8 nitrogen and oxygen atoms in total. The lowest BCUT2D eigenvalue weighted by Gasteiger charge is -2.33. The van der Waals surface area contributed by atoms with Gasteiger partial charge < -0.3 is 15.2 Å². The number of anilines is 1. The standard InChI is InChI=1S/C24H21N3O5/c1-2-32-21-14-18(13-20(23(21)28)27(30)31)26-22(17-11-7-4-8-12-17)19(15-25-24(26)29)16-9-5-3-6-10-16/h3-14,28H,2,15H2,1H3,(H,25,29). The average Bonchev–Trinajstić information content (AvgIpc) is 2.81. The number of rotatable bonds is 6. The van der Waals surface area contributed by atoms with Crippen LogP contribution in [-0.4, -0.2) is 29.2 Å². The second-order valence-corrected chi connectivity index (χ2v) is 7.06. The number of hydrogen-bond donors (Lipinski definition) is 2. The zero-order chi connectivity index (χ0) is 22.7. The summed E-state index contributed by atoms with van der Waals surface area (Å²) in [5.74, 6) is -0.643. The smallest absolute Gasteiger partial charge is 0.326 e. The number of nitrogens with one attached hydrogen (secondary N) is 1. The fraction of sp³-hybridized carbons (Fsp3) is 0.125. The fourth-order valence-corrected chi connectivity index (χ4v) is 3.70. The summed E-state index contributed by atoms with van der Waals surface area (Å²) in [5.41, 5.74) is 2.80. The monoisotopic (exact) mass is 431 g/mol. The highest BCUT2D eigenvalue weighted by molar-refractivity contribution is 6.14. The Labute approximate surface area is 184 Å². The summed E-state index contributed by atoms with van der Waals surface area (Å²) in [5, 5.41) is 24.7. The first-order valence-corrected chi connectivity index (χ1v) is 10.1. The van der Waals surface area contributed by atoms with Crippen molar-refractivity contribution in [1.29, 1.82) is 0 Å². The molecule has 3 aromatic rings. The Hall–Kier alpha value is -4.33. The summed E-state index contributed by atoms with van der Waals surface area (Å²) in [6.07, 6.45) is 0. The third kappa shape index (κ3) is 3.85. The number of benzene rings is 3. The first kappa shape index (κ1) is 20.9. The molecule has 1 aliphatic heterocycles. The molecule has 0 aromatic heterocycles. The van der Waals surface area contributed by atoms with Gasteiger partial charge in [-0.15, -0.1) is 0 Å². The van der Waals surface area contributed by atoms with Crippen molar-refractivity contribution in [3.63, 3.8) is 0 Å². The molecule has 0 saturated heterocycles. The minimum Gasteiger partial charge on any atom is -0.500 e. The number of amides is 2. The molecule has 2 N–H and O–H groups in total. The lowest BCUT2D eigenvalue weighted by molar-refractivity contribution is -0.385. The number of carbonyl (C=O) groups excluding carboxylic acids is 1. The van der Waals surface area contributed by atoms with Crippen LogP contribution in [0.15, 0.2) is 72.8 Å². The van der Waals surface area contributed by atoms with Crippen LogP contribution in [-0.2, 0) is 0 Å². The fourth-order valence-electron chi connectivity index (χ4n) is 3.70. The number of hydrogen-bond acceptors (Lipinski definition) is 5. The van der Waals surface area contributed by atoms with E-state index in [2.05, 4.69) is 5.32 Å². The van der Waals surface area contributed by atoms with E-state index in [0.717, 1.165) is 16.7 Å². The zero-order valence-electron chi connectivity index (χ0n) is 17.3. The van der Waals surface area contributed by atoms with Crippen molar-refractivity contribution in [3.8, 4) is 11.5 Å². The van der Waals surface area contributed by atoms with E-state index >= 15 is 0 Å². The summed E-state index contributed by atoms with van der Waals surface area (Å²) in [4.78, 5) is 25.4. The van der Waals surface area contributed by atoms with Crippen LogP contribution in [0.2, 0.25) is 0 Å². The summed E-state index contributed by atoms with van der Waals surface area (Å²) in [6, 6.07) is 21.1. The minimum absolute atomic E-state index is 0.0660. The van der Waals surface area contributed by atoms with Crippen molar-refractivity contribution >= 4 is 28.7 Å². The molecule has 1 heterocycles. The van der Waals surface area contributed by atoms with E-state index in [1.54, 1.807) is 6.92 Å². The average molecular weight is 431 g/mol. The van der Waals surface area contributed by atoms with Crippen molar-refractivity contribution in [2.24, 2.45) is 0 Å². The molecular weight excluding hydrogens is 410 g/mol. The first-order chi connectivity index (χ1) is 15.5. The van der Waals surface area contributed by atoms with E-state index in [1.807, 2.05) is 60.7 Å². The van der Waals surface area contributed by atoms with Crippen molar-refractivity contribution in [2.75, 3.05) is 18.1 Å². The number of phenols is 1. The van der Waals surface area contributed by atoms with Crippen molar-refractivity contribution in [2.45, 2.75) is 6.92 Å².